The Balaban J connectivity index is 1.85. The van der Waals surface area contributed by atoms with Crippen LogP contribution >= 0.6 is 0 Å². The lowest BCUT2D eigenvalue weighted by atomic mass is 10.2. The van der Waals surface area contributed by atoms with Crippen LogP contribution in [0.3, 0.4) is 0 Å². The molecule has 2 aromatic rings. The lowest BCUT2D eigenvalue weighted by Gasteiger charge is -2.25. The van der Waals surface area contributed by atoms with E-state index in [4.69, 9.17) is 4.74 Å². The van der Waals surface area contributed by atoms with Gasteiger partial charge < -0.3 is 15.0 Å². The maximum Gasteiger partial charge on any atom is 0.245 e. The molecule has 2 heterocycles. The van der Waals surface area contributed by atoms with Gasteiger partial charge in [0.2, 0.25) is 5.95 Å². The number of anilines is 1. The van der Waals surface area contributed by atoms with Gasteiger partial charge in [0.25, 0.3) is 0 Å². The van der Waals surface area contributed by atoms with Crippen LogP contribution in [0.25, 0.3) is 11.4 Å². The predicted octanol–water partition coefficient (Wildman–Crippen LogP) is 1.03. The Morgan fingerprint density at radius 2 is 2.10 bits per heavy atom. The van der Waals surface area contributed by atoms with Crippen molar-refractivity contribution in [1.29, 1.82) is 0 Å². The van der Waals surface area contributed by atoms with Crippen LogP contribution in [0.2, 0.25) is 0 Å². The molecule has 0 radical (unpaired) electrons. The Morgan fingerprint density at radius 3 is 2.85 bits per heavy atom. The van der Waals surface area contributed by atoms with Crippen LogP contribution in [0.5, 0.6) is 5.75 Å². The van der Waals surface area contributed by atoms with E-state index in [2.05, 4.69) is 25.4 Å². The molecule has 0 spiro atoms. The maximum absolute atomic E-state index is 13.4. The molecule has 7 heteroatoms. The highest BCUT2D eigenvalue weighted by Crippen LogP contribution is 2.25. The molecule has 1 aliphatic rings. The fourth-order valence-electron chi connectivity index (χ4n) is 2.20. The number of benzene rings is 1. The van der Waals surface area contributed by atoms with E-state index in [9.17, 15) is 4.39 Å². The van der Waals surface area contributed by atoms with E-state index in [0.717, 1.165) is 31.7 Å². The van der Waals surface area contributed by atoms with Gasteiger partial charge in [0, 0.05) is 31.7 Å². The molecule has 106 valence electrons. The monoisotopic (exact) mass is 277 g/mol. The number of H-pyrrole nitrogens is 1. The molecule has 0 bridgehead atoms. The Hall–Kier alpha value is -2.15. The maximum atomic E-state index is 13.4. The molecule has 1 aromatic carbocycles. The minimum absolute atomic E-state index is 0.197. The van der Waals surface area contributed by atoms with Crippen LogP contribution in [0.4, 0.5) is 10.3 Å². The lowest BCUT2D eigenvalue weighted by Crippen LogP contribution is -2.44. The van der Waals surface area contributed by atoms with E-state index < -0.39 is 5.82 Å². The van der Waals surface area contributed by atoms with Gasteiger partial charge in [-0.25, -0.2) is 4.39 Å². The van der Waals surface area contributed by atoms with Crippen LogP contribution in [-0.4, -0.2) is 48.5 Å². The van der Waals surface area contributed by atoms with Crippen LogP contribution in [-0.2, 0) is 0 Å². The number of piperazine rings is 1. The molecular weight excluding hydrogens is 261 g/mol. The summed E-state index contributed by atoms with van der Waals surface area (Å²) in [6, 6.07) is 4.62. The Morgan fingerprint density at radius 1 is 1.30 bits per heavy atom. The molecular formula is C13H16FN5O. The van der Waals surface area contributed by atoms with Gasteiger partial charge in [0.1, 0.15) is 0 Å². The number of aromatic amines is 1. The van der Waals surface area contributed by atoms with Crippen molar-refractivity contribution in [1.82, 2.24) is 20.5 Å². The summed E-state index contributed by atoms with van der Waals surface area (Å²) in [5.74, 6) is 1.09. The van der Waals surface area contributed by atoms with Crippen molar-refractivity contribution in [2.75, 3.05) is 38.2 Å². The van der Waals surface area contributed by atoms with Gasteiger partial charge >= 0.3 is 0 Å². The summed E-state index contributed by atoms with van der Waals surface area (Å²) in [4.78, 5) is 6.57. The normalized spacial score (nSPS) is 15.4. The third kappa shape index (κ3) is 2.44. The van der Waals surface area contributed by atoms with Gasteiger partial charge in [0.15, 0.2) is 17.4 Å². The average molecular weight is 277 g/mol. The molecule has 2 N–H and O–H groups in total. The van der Waals surface area contributed by atoms with Gasteiger partial charge in [-0.2, -0.15) is 4.98 Å². The van der Waals surface area contributed by atoms with E-state index in [-0.39, 0.29) is 5.75 Å². The summed E-state index contributed by atoms with van der Waals surface area (Å²) < 4.78 is 18.4. The summed E-state index contributed by atoms with van der Waals surface area (Å²) in [5, 5.41) is 10.4. The number of nitrogens with one attached hydrogen (secondary N) is 2. The zero-order valence-corrected chi connectivity index (χ0v) is 11.2. The highest BCUT2D eigenvalue weighted by Gasteiger charge is 2.16. The standard InChI is InChI=1S/C13H16FN5O/c1-20-11-8-9(2-3-10(11)14)12-16-13(18-17-12)19-6-4-15-5-7-19/h2-3,8,15H,4-7H2,1H3,(H,16,17,18). The van der Waals surface area contributed by atoms with Gasteiger partial charge in [-0.1, -0.05) is 0 Å². The first-order valence-electron chi connectivity index (χ1n) is 6.50. The summed E-state index contributed by atoms with van der Waals surface area (Å²) in [6.07, 6.45) is 0. The second kappa shape index (κ2) is 5.46. The number of nitrogens with zero attached hydrogens (tertiary/aromatic N) is 3. The number of aromatic nitrogens is 3. The highest BCUT2D eigenvalue weighted by molar-refractivity contribution is 5.59. The second-order valence-corrected chi connectivity index (χ2v) is 4.57. The number of methoxy groups -OCH3 is 1. The molecule has 0 amide bonds. The summed E-state index contributed by atoms with van der Waals surface area (Å²) >= 11 is 0. The van der Waals surface area contributed by atoms with Gasteiger partial charge in [-0.3, -0.25) is 5.10 Å². The first-order valence-corrected chi connectivity index (χ1v) is 6.50. The van der Waals surface area contributed by atoms with Crippen molar-refractivity contribution in [3.63, 3.8) is 0 Å². The van der Waals surface area contributed by atoms with E-state index in [1.165, 1.54) is 13.2 Å². The smallest absolute Gasteiger partial charge is 0.245 e. The topological polar surface area (TPSA) is 66.1 Å². The molecule has 1 fully saturated rings. The summed E-state index contributed by atoms with van der Waals surface area (Å²) in [5.41, 5.74) is 0.747. The molecule has 0 saturated carbocycles. The van der Waals surface area contributed by atoms with Crippen LogP contribution < -0.4 is 15.0 Å². The Bertz CT molecular complexity index is 594. The predicted molar refractivity (Wildman–Crippen MR) is 73.4 cm³/mol. The SMILES string of the molecule is COc1cc(-c2nc(N3CCNCC3)n[nH]2)ccc1F. The van der Waals surface area contributed by atoms with Crippen molar-refractivity contribution in [3.8, 4) is 17.1 Å². The highest BCUT2D eigenvalue weighted by atomic mass is 19.1. The Kier molecular flexibility index (Phi) is 3.51. The Labute approximate surface area is 116 Å². The fourth-order valence-corrected chi connectivity index (χ4v) is 2.20. The number of rotatable bonds is 3. The van der Waals surface area contributed by atoms with E-state index in [1.54, 1.807) is 12.1 Å². The quantitative estimate of drug-likeness (QED) is 0.877. The molecule has 1 saturated heterocycles. The second-order valence-electron chi connectivity index (χ2n) is 4.57. The number of hydrogen-bond acceptors (Lipinski definition) is 5. The molecule has 0 atom stereocenters. The van der Waals surface area contributed by atoms with E-state index in [0.29, 0.717) is 11.8 Å². The number of ether oxygens (including phenoxy) is 1. The van der Waals surface area contributed by atoms with Crippen molar-refractivity contribution >= 4 is 5.95 Å². The fraction of sp³-hybridized carbons (Fsp3) is 0.385. The lowest BCUT2D eigenvalue weighted by molar-refractivity contribution is 0.387. The number of hydrogen-bond donors (Lipinski definition) is 2. The summed E-state index contributed by atoms with van der Waals surface area (Å²) in [7, 11) is 1.44. The van der Waals surface area contributed by atoms with Crippen LogP contribution in [0, 0.1) is 5.82 Å². The first kappa shape index (κ1) is 12.9. The van der Waals surface area contributed by atoms with Gasteiger partial charge in [-0.15, -0.1) is 5.10 Å². The van der Waals surface area contributed by atoms with Crippen LogP contribution in [0.15, 0.2) is 18.2 Å². The molecule has 0 aliphatic carbocycles. The molecule has 1 aromatic heterocycles. The van der Waals surface area contributed by atoms with Crippen molar-refractivity contribution in [2.24, 2.45) is 0 Å². The van der Waals surface area contributed by atoms with Gasteiger partial charge in [-0.05, 0) is 18.2 Å². The van der Waals surface area contributed by atoms with Gasteiger partial charge in [0.05, 0.1) is 7.11 Å². The van der Waals surface area contributed by atoms with Crippen LogP contribution in [0.1, 0.15) is 0 Å². The molecule has 0 unspecified atom stereocenters. The largest absolute Gasteiger partial charge is 0.494 e. The minimum atomic E-state index is -0.391. The zero-order valence-electron chi connectivity index (χ0n) is 11.2. The van der Waals surface area contributed by atoms with Crippen molar-refractivity contribution in [3.05, 3.63) is 24.0 Å². The third-order valence-corrected chi connectivity index (χ3v) is 3.30. The molecule has 3 rings (SSSR count). The first-order chi connectivity index (χ1) is 9.78. The van der Waals surface area contributed by atoms with Crippen molar-refractivity contribution in [2.45, 2.75) is 0 Å². The van der Waals surface area contributed by atoms with E-state index in [1.807, 2.05) is 0 Å². The minimum Gasteiger partial charge on any atom is -0.494 e. The van der Waals surface area contributed by atoms with Crippen molar-refractivity contribution < 1.29 is 9.13 Å². The van der Waals surface area contributed by atoms with E-state index >= 15 is 0 Å². The molecule has 20 heavy (non-hydrogen) atoms. The number of halogens is 1. The average Bonchev–Trinajstić information content (AvgIpc) is 2.98. The zero-order chi connectivity index (χ0) is 13.9. The summed E-state index contributed by atoms with van der Waals surface area (Å²) in [6.45, 7) is 3.61. The molecule has 1 aliphatic heterocycles. The third-order valence-electron chi connectivity index (χ3n) is 3.30. The molecule has 6 nitrogen and oxygen atoms in total.